The molecule has 1 atom stereocenters. The smallest absolute Gasteiger partial charge is 0.153 e. The number of benzene rings is 1. The lowest BCUT2D eigenvalue weighted by Crippen LogP contribution is -2.26. The van der Waals surface area contributed by atoms with E-state index >= 15 is 0 Å². The molecule has 1 heterocycles. The highest BCUT2D eigenvalue weighted by Gasteiger charge is 2.41. The molecule has 0 aliphatic carbocycles. The highest BCUT2D eigenvalue weighted by atomic mass is 32.2. The average Bonchev–Trinajstić information content (AvgIpc) is 2.54. The van der Waals surface area contributed by atoms with Crippen LogP contribution < -0.4 is 0 Å². The fourth-order valence-corrected chi connectivity index (χ4v) is 4.07. The lowest BCUT2D eigenvalue weighted by molar-refractivity contribution is 0.0653. The first-order chi connectivity index (χ1) is 7.82. The number of rotatable bonds is 2. The predicted octanol–water partition coefficient (Wildman–Crippen LogP) is 1.82. The molecule has 0 amide bonds. The molecule has 1 aromatic rings. The van der Waals surface area contributed by atoms with Gasteiger partial charge in [0.1, 0.15) is 5.60 Å². The van der Waals surface area contributed by atoms with Crippen LogP contribution in [-0.4, -0.2) is 25.0 Å². The van der Waals surface area contributed by atoms with Gasteiger partial charge < -0.3 is 5.11 Å². The Bertz CT molecular complexity index is 502. The Morgan fingerprint density at radius 3 is 2.24 bits per heavy atom. The minimum Gasteiger partial charge on any atom is -0.384 e. The standard InChI is InChI=1S/C13H18O3S/c1-10(2)11-3-5-12(6-4-11)13(14)7-8-17(15,16)9-13/h3-6,10,14H,7-9H2,1-2H3. The number of hydrogen-bond donors (Lipinski definition) is 1. The summed E-state index contributed by atoms with van der Waals surface area (Å²) in [4.78, 5) is 0. The van der Waals surface area contributed by atoms with Gasteiger partial charge in [0, 0.05) is 0 Å². The molecule has 0 radical (unpaired) electrons. The zero-order valence-corrected chi connectivity index (χ0v) is 11.0. The second-order valence-electron chi connectivity index (χ2n) is 5.15. The van der Waals surface area contributed by atoms with Crippen LogP contribution in [0.4, 0.5) is 0 Å². The van der Waals surface area contributed by atoms with E-state index in [1.165, 1.54) is 5.56 Å². The van der Waals surface area contributed by atoms with Crippen molar-refractivity contribution in [3.05, 3.63) is 35.4 Å². The van der Waals surface area contributed by atoms with Crippen molar-refractivity contribution in [3.8, 4) is 0 Å². The van der Waals surface area contributed by atoms with Crippen molar-refractivity contribution in [3.63, 3.8) is 0 Å². The molecule has 0 bridgehead atoms. The summed E-state index contributed by atoms with van der Waals surface area (Å²) in [6.45, 7) is 4.20. The van der Waals surface area contributed by atoms with Crippen LogP contribution >= 0.6 is 0 Å². The Balaban J connectivity index is 2.29. The van der Waals surface area contributed by atoms with Gasteiger partial charge in [0.25, 0.3) is 0 Å². The Labute approximate surface area is 102 Å². The van der Waals surface area contributed by atoms with Crippen LogP contribution in [0.2, 0.25) is 0 Å². The zero-order valence-electron chi connectivity index (χ0n) is 10.2. The fourth-order valence-electron chi connectivity index (χ4n) is 2.24. The van der Waals surface area contributed by atoms with Crippen molar-refractivity contribution in [1.82, 2.24) is 0 Å². The van der Waals surface area contributed by atoms with E-state index in [9.17, 15) is 13.5 Å². The number of hydrogen-bond acceptors (Lipinski definition) is 3. The summed E-state index contributed by atoms with van der Waals surface area (Å²) in [6, 6.07) is 7.61. The van der Waals surface area contributed by atoms with Gasteiger partial charge in [-0.15, -0.1) is 0 Å². The molecule has 1 N–H and O–H groups in total. The second-order valence-corrected chi connectivity index (χ2v) is 7.33. The Morgan fingerprint density at radius 2 is 1.82 bits per heavy atom. The first kappa shape index (κ1) is 12.6. The van der Waals surface area contributed by atoms with Crippen LogP contribution in [0.5, 0.6) is 0 Å². The number of aliphatic hydroxyl groups is 1. The second kappa shape index (κ2) is 4.10. The highest BCUT2D eigenvalue weighted by molar-refractivity contribution is 7.91. The van der Waals surface area contributed by atoms with Crippen LogP contribution in [0, 0.1) is 0 Å². The SMILES string of the molecule is CC(C)c1ccc(C2(O)CCS(=O)(=O)C2)cc1. The monoisotopic (exact) mass is 254 g/mol. The van der Waals surface area contributed by atoms with Crippen LogP contribution in [-0.2, 0) is 15.4 Å². The lowest BCUT2D eigenvalue weighted by Gasteiger charge is -2.21. The van der Waals surface area contributed by atoms with E-state index in [0.29, 0.717) is 17.9 Å². The van der Waals surface area contributed by atoms with E-state index in [2.05, 4.69) is 13.8 Å². The third-order valence-corrected chi connectivity index (χ3v) is 5.14. The third-order valence-electron chi connectivity index (χ3n) is 3.40. The summed E-state index contributed by atoms with van der Waals surface area (Å²) in [5.41, 5.74) is 0.718. The Hall–Kier alpha value is -0.870. The maximum atomic E-state index is 11.4. The molecular weight excluding hydrogens is 236 g/mol. The van der Waals surface area contributed by atoms with Crippen molar-refractivity contribution < 1.29 is 13.5 Å². The minimum absolute atomic E-state index is 0.0788. The van der Waals surface area contributed by atoms with Gasteiger partial charge in [-0.25, -0.2) is 8.42 Å². The van der Waals surface area contributed by atoms with Gasteiger partial charge in [0.05, 0.1) is 11.5 Å². The first-order valence-electron chi connectivity index (χ1n) is 5.86. The molecule has 0 aromatic heterocycles. The normalized spacial score (nSPS) is 27.5. The average molecular weight is 254 g/mol. The van der Waals surface area contributed by atoms with Crippen LogP contribution in [0.15, 0.2) is 24.3 Å². The highest BCUT2D eigenvalue weighted by Crippen LogP contribution is 2.33. The van der Waals surface area contributed by atoms with Gasteiger partial charge in [-0.3, -0.25) is 0 Å². The summed E-state index contributed by atoms with van der Waals surface area (Å²) in [6.07, 6.45) is 0.302. The largest absolute Gasteiger partial charge is 0.384 e. The van der Waals surface area contributed by atoms with Crippen molar-refractivity contribution in [2.75, 3.05) is 11.5 Å². The maximum Gasteiger partial charge on any atom is 0.153 e. The Morgan fingerprint density at radius 1 is 1.24 bits per heavy atom. The van der Waals surface area contributed by atoms with Crippen molar-refractivity contribution >= 4 is 9.84 Å². The summed E-state index contributed by atoms with van der Waals surface area (Å²) in [5.74, 6) is 0.363. The van der Waals surface area contributed by atoms with Crippen molar-refractivity contribution in [1.29, 1.82) is 0 Å². The zero-order chi connectivity index (χ0) is 12.7. The van der Waals surface area contributed by atoms with Crippen LogP contribution in [0.25, 0.3) is 0 Å². The summed E-state index contributed by atoms with van der Waals surface area (Å²) >= 11 is 0. The molecule has 17 heavy (non-hydrogen) atoms. The maximum absolute atomic E-state index is 11.4. The molecule has 4 heteroatoms. The Kier molecular flexibility index (Phi) is 3.04. The molecule has 1 fully saturated rings. The topological polar surface area (TPSA) is 54.4 Å². The van der Waals surface area contributed by atoms with Gasteiger partial charge in [0.2, 0.25) is 0 Å². The molecule has 94 valence electrons. The summed E-state index contributed by atoms with van der Waals surface area (Å²) < 4.78 is 22.9. The van der Waals surface area contributed by atoms with Gasteiger partial charge in [0.15, 0.2) is 9.84 Å². The summed E-state index contributed by atoms with van der Waals surface area (Å²) in [5, 5.41) is 10.3. The molecule has 1 unspecified atom stereocenters. The van der Waals surface area contributed by atoms with Gasteiger partial charge in [-0.05, 0) is 23.5 Å². The van der Waals surface area contributed by atoms with Gasteiger partial charge in [-0.1, -0.05) is 38.1 Å². The molecule has 1 saturated heterocycles. The molecule has 1 aliphatic rings. The quantitative estimate of drug-likeness (QED) is 0.876. The van der Waals surface area contributed by atoms with E-state index in [4.69, 9.17) is 0 Å². The van der Waals surface area contributed by atoms with Crippen molar-refractivity contribution in [2.24, 2.45) is 0 Å². The minimum atomic E-state index is -3.08. The molecule has 0 saturated carbocycles. The van der Waals surface area contributed by atoms with Crippen molar-refractivity contribution in [2.45, 2.75) is 31.8 Å². The van der Waals surface area contributed by atoms with Gasteiger partial charge in [-0.2, -0.15) is 0 Å². The van der Waals surface area contributed by atoms with Crippen LogP contribution in [0.1, 0.15) is 37.3 Å². The molecule has 1 aliphatic heterocycles. The van der Waals surface area contributed by atoms with Crippen LogP contribution in [0.3, 0.4) is 0 Å². The summed E-state index contributed by atoms with van der Waals surface area (Å²) in [7, 11) is -3.08. The number of sulfone groups is 1. The van der Waals surface area contributed by atoms with E-state index < -0.39 is 15.4 Å². The fraction of sp³-hybridized carbons (Fsp3) is 0.538. The first-order valence-corrected chi connectivity index (χ1v) is 7.68. The van der Waals surface area contributed by atoms with E-state index in [-0.39, 0.29) is 11.5 Å². The van der Waals surface area contributed by atoms with E-state index in [1.54, 1.807) is 0 Å². The van der Waals surface area contributed by atoms with E-state index in [1.807, 2.05) is 24.3 Å². The lowest BCUT2D eigenvalue weighted by atomic mass is 9.91. The molecule has 3 nitrogen and oxygen atoms in total. The molecule has 0 spiro atoms. The molecular formula is C13H18O3S. The third kappa shape index (κ3) is 2.53. The van der Waals surface area contributed by atoms with E-state index in [0.717, 1.165) is 0 Å². The molecule has 2 rings (SSSR count). The van der Waals surface area contributed by atoms with Gasteiger partial charge >= 0.3 is 0 Å². The molecule has 1 aromatic carbocycles. The predicted molar refractivity (Wildman–Crippen MR) is 67.7 cm³/mol.